The molecule has 0 bridgehead atoms. The van der Waals surface area contributed by atoms with Crippen LogP contribution in [-0.4, -0.2) is 44.8 Å². The Morgan fingerprint density at radius 2 is 1.89 bits per heavy atom. The number of piperidine rings is 1. The van der Waals surface area contributed by atoms with Crippen molar-refractivity contribution in [3.8, 4) is 0 Å². The van der Waals surface area contributed by atoms with Gasteiger partial charge in [0, 0.05) is 24.7 Å². The van der Waals surface area contributed by atoms with Crippen LogP contribution in [0.5, 0.6) is 0 Å². The highest BCUT2D eigenvalue weighted by atomic mass is 35.5. The first-order valence-electron chi connectivity index (χ1n) is 11.5. The lowest BCUT2D eigenvalue weighted by Gasteiger charge is -2.31. The van der Waals surface area contributed by atoms with E-state index in [0.717, 1.165) is 5.56 Å². The predicted molar refractivity (Wildman–Crippen MR) is 127 cm³/mol. The quantitative estimate of drug-likeness (QED) is 0.585. The monoisotopic (exact) mass is 497 g/mol. The topological polar surface area (TPSA) is 89.4 Å². The van der Waals surface area contributed by atoms with Gasteiger partial charge in [-0.1, -0.05) is 46.6 Å². The third-order valence-electron chi connectivity index (χ3n) is 6.59. The van der Waals surface area contributed by atoms with Gasteiger partial charge in [0.05, 0.1) is 23.9 Å². The number of nitrogens with zero attached hydrogens (tertiary/aromatic N) is 4. The second-order valence-electron chi connectivity index (χ2n) is 8.96. The summed E-state index contributed by atoms with van der Waals surface area (Å²) in [5.74, 6) is -1.16. The molecule has 1 aromatic heterocycles. The molecule has 1 N–H and O–H groups in total. The van der Waals surface area contributed by atoms with E-state index in [0.29, 0.717) is 49.6 Å². The lowest BCUT2D eigenvalue weighted by atomic mass is 9.95. The van der Waals surface area contributed by atoms with E-state index in [-0.39, 0.29) is 35.5 Å². The number of carbonyl (C=O) groups excluding carboxylic acids is 2. The number of benzene rings is 2. The van der Waals surface area contributed by atoms with E-state index < -0.39 is 5.82 Å². The fourth-order valence-corrected chi connectivity index (χ4v) is 4.65. The second kappa shape index (κ2) is 9.75. The van der Waals surface area contributed by atoms with Crippen molar-refractivity contribution in [2.45, 2.75) is 39.0 Å². The van der Waals surface area contributed by atoms with E-state index in [4.69, 9.17) is 16.3 Å². The number of hydrogen-bond acceptors (Lipinski definition) is 5. The Morgan fingerprint density at radius 1 is 1.14 bits per heavy atom. The summed E-state index contributed by atoms with van der Waals surface area (Å²) in [6, 6.07) is 12.2. The Kier molecular flexibility index (Phi) is 6.53. The van der Waals surface area contributed by atoms with Crippen molar-refractivity contribution >= 4 is 29.1 Å². The van der Waals surface area contributed by atoms with Gasteiger partial charge in [-0.05, 0) is 43.5 Å². The minimum atomic E-state index is -0.538. The highest BCUT2D eigenvalue weighted by Crippen LogP contribution is 2.28. The van der Waals surface area contributed by atoms with Crippen molar-refractivity contribution in [1.82, 2.24) is 19.9 Å². The SMILES string of the molecule is Cc1ccc([C@H]2Cn3nnc(C(=O)N4CCC(C(=O)Nc5ccc(F)c(Cl)c5)CC4)c3CO2)cc1. The molecule has 10 heteroatoms. The maximum Gasteiger partial charge on any atom is 0.276 e. The van der Waals surface area contributed by atoms with Gasteiger partial charge in [-0.3, -0.25) is 9.59 Å². The van der Waals surface area contributed by atoms with Crippen LogP contribution < -0.4 is 5.32 Å². The molecule has 2 aliphatic rings. The van der Waals surface area contributed by atoms with Crippen LogP contribution in [0.25, 0.3) is 0 Å². The van der Waals surface area contributed by atoms with Crippen LogP contribution in [0.1, 0.15) is 46.3 Å². The number of halogens is 2. The first-order valence-corrected chi connectivity index (χ1v) is 11.9. The molecule has 35 heavy (non-hydrogen) atoms. The number of aryl methyl sites for hydroxylation is 1. The predicted octanol–water partition coefficient (Wildman–Crippen LogP) is 4.14. The Balaban J connectivity index is 1.18. The molecule has 0 radical (unpaired) electrons. The zero-order valence-electron chi connectivity index (χ0n) is 19.2. The smallest absolute Gasteiger partial charge is 0.276 e. The van der Waals surface area contributed by atoms with Crippen molar-refractivity contribution in [3.63, 3.8) is 0 Å². The summed E-state index contributed by atoms with van der Waals surface area (Å²) < 4.78 is 21.1. The van der Waals surface area contributed by atoms with Crippen molar-refractivity contribution in [3.05, 3.63) is 75.8 Å². The lowest BCUT2D eigenvalue weighted by molar-refractivity contribution is -0.121. The molecule has 0 spiro atoms. The Labute approximate surface area is 207 Å². The van der Waals surface area contributed by atoms with Crippen LogP contribution in [0, 0.1) is 18.7 Å². The van der Waals surface area contributed by atoms with Crippen LogP contribution in [0.4, 0.5) is 10.1 Å². The Bertz CT molecular complexity index is 1250. The van der Waals surface area contributed by atoms with E-state index in [1.165, 1.54) is 23.8 Å². The summed E-state index contributed by atoms with van der Waals surface area (Å²) in [5, 5.41) is 11.1. The highest BCUT2D eigenvalue weighted by Gasteiger charge is 2.33. The van der Waals surface area contributed by atoms with Gasteiger partial charge in [0.15, 0.2) is 5.69 Å². The van der Waals surface area contributed by atoms with Crippen LogP contribution >= 0.6 is 11.6 Å². The largest absolute Gasteiger partial charge is 0.365 e. The highest BCUT2D eigenvalue weighted by molar-refractivity contribution is 6.31. The molecule has 2 amide bonds. The first-order chi connectivity index (χ1) is 16.9. The minimum Gasteiger partial charge on any atom is -0.365 e. The number of nitrogens with one attached hydrogen (secondary N) is 1. The number of aromatic nitrogens is 3. The van der Waals surface area contributed by atoms with Gasteiger partial charge >= 0.3 is 0 Å². The van der Waals surface area contributed by atoms with Crippen molar-refractivity contribution < 1.29 is 18.7 Å². The standard InChI is InChI=1S/C25H25ClFN5O3/c1-15-2-4-16(5-3-15)22-13-32-21(14-35-22)23(29-30-32)25(34)31-10-8-17(9-11-31)24(33)28-18-6-7-20(27)19(26)12-18/h2-7,12,17,22H,8-11,13-14H2,1H3,(H,28,33)/t22-/m1/s1. The number of amides is 2. The molecule has 0 unspecified atom stereocenters. The number of ether oxygens (including phenoxy) is 1. The Hall–Kier alpha value is -3.30. The zero-order chi connectivity index (χ0) is 24.5. The fourth-order valence-electron chi connectivity index (χ4n) is 4.47. The van der Waals surface area contributed by atoms with Gasteiger partial charge in [-0.15, -0.1) is 5.10 Å². The van der Waals surface area contributed by atoms with E-state index in [1.54, 1.807) is 9.58 Å². The molecule has 5 rings (SSSR count). The Morgan fingerprint density at radius 3 is 2.60 bits per heavy atom. The van der Waals surface area contributed by atoms with E-state index in [2.05, 4.69) is 15.6 Å². The van der Waals surface area contributed by atoms with Crippen LogP contribution in [0.15, 0.2) is 42.5 Å². The molecule has 2 aliphatic heterocycles. The maximum absolute atomic E-state index is 13.3. The van der Waals surface area contributed by atoms with E-state index >= 15 is 0 Å². The van der Waals surface area contributed by atoms with Crippen molar-refractivity contribution in [2.75, 3.05) is 18.4 Å². The number of likely N-dealkylation sites (tertiary alicyclic amines) is 1. The molecule has 182 valence electrons. The summed E-state index contributed by atoms with van der Waals surface area (Å²) in [6.45, 7) is 3.65. The molecule has 1 saturated heterocycles. The molecule has 1 fully saturated rings. The fraction of sp³-hybridized carbons (Fsp3) is 0.360. The third-order valence-corrected chi connectivity index (χ3v) is 6.88. The molecule has 1 atom stereocenters. The molecule has 8 nitrogen and oxygen atoms in total. The zero-order valence-corrected chi connectivity index (χ0v) is 20.0. The number of rotatable bonds is 4. The van der Waals surface area contributed by atoms with Gasteiger partial charge < -0.3 is 15.0 Å². The van der Waals surface area contributed by atoms with Gasteiger partial charge in [0.25, 0.3) is 5.91 Å². The molecule has 3 heterocycles. The van der Waals surface area contributed by atoms with E-state index in [9.17, 15) is 14.0 Å². The molecule has 0 saturated carbocycles. The molecular formula is C25H25ClFN5O3. The van der Waals surface area contributed by atoms with Gasteiger partial charge in [-0.2, -0.15) is 0 Å². The summed E-state index contributed by atoms with van der Waals surface area (Å²) in [6.07, 6.45) is 0.891. The summed E-state index contributed by atoms with van der Waals surface area (Å²) in [7, 11) is 0. The average molecular weight is 498 g/mol. The minimum absolute atomic E-state index is 0.0469. The third kappa shape index (κ3) is 4.92. The first kappa shape index (κ1) is 23.4. The van der Waals surface area contributed by atoms with Crippen LogP contribution in [0.2, 0.25) is 5.02 Å². The van der Waals surface area contributed by atoms with E-state index in [1.807, 2.05) is 31.2 Å². The van der Waals surface area contributed by atoms with Crippen LogP contribution in [0.3, 0.4) is 0 Å². The van der Waals surface area contributed by atoms with Crippen molar-refractivity contribution in [2.24, 2.45) is 5.92 Å². The molecule has 2 aromatic carbocycles. The summed E-state index contributed by atoms with van der Waals surface area (Å²) >= 11 is 5.79. The van der Waals surface area contributed by atoms with Gasteiger partial charge in [0.1, 0.15) is 11.9 Å². The number of hydrogen-bond donors (Lipinski definition) is 1. The van der Waals surface area contributed by atoms with Gasteiger partial charge in [0.2, 0.25) is 5.91 Å². The maximum atomic E-state index is 13.3. The number of anilines is 1. The molecular weight excluding hydrogens is 473 g/mol. The normalized spacial score (nSPS) is 18.3. The second-order valence-corrected chi connectivity index (χ2v) is 9.37. The number of carbonyl (C=O) groups is 2. The molecule has 0 aliphatic carbocycles. The summed E-state index contributed by atoms with van der Waals surface area (Å²) in [5.41, 5.74) is 3.66. The lowest BCUT2D eigenvalue weighted by Crippen LogP contribution is -2.42. The van der Waals surface area contributed by atoms with Gasteiger partial charge in [-0.25, -0.2) is 9.07 Å². The number of fused-ring (bicyclic) bond motifs is 1. The summed E-state index contributed by atoms with van der Waals surface area (Å²) in [4.78, 5) is 27.5. The van der Waals surface area contributed by atoms with Crippen molar-refractivity contribution in [1.29, 1.82) is 0 Å². The molecule has 3 aromatic rings. The average Bonchev–Trinajstić information content (AvgIpc) is 3.29. The van der Waals surface area contributed by atoms with Crippen LogP contribution in [-0.2, 0) is 22.7 Å².